The molecule has 1 fully saturated rings. The zero-order valence-electron chi connectivity index (χ0n) is 18.7. The second-order valence-electron chi connectivity index (χ2n) is 7.83. The summed E-state index contributed by atoms with van der Waals surface area (Å²) < 4.78 is 10.5. The lowest BCUT2D eigenvalue weighted by atomic mass is 10.1. The number of hydrogen-bond donors (Lipinski definition) is 2. The molecule has 1 aliphatic rings. The lowest BCUT2D eigenvalue weighted by molar-refractivity contribution is -0.126. The van der Waals surface area contributed by atoms with Gasteiger partial charge in [0.05, 0.1) is 5.92 Å². The Morgan fingerprint density at radius 2 is 1.94 bits per heavy atom. The number of halogens is 1. The first kappa shape index (κ1) is 24.5. The van der Waals surface area contributed by atoms with Gasteiger partial charge < -0.3 is 25.0 Å². The monoisotopic (exact) mass is 473 g/mol. The number of amides is 3. The van der Waals surface area contributed by atoms with Crippen molar-refractivity contribution in [3.05, 3.63) is 53.1 Å². The second-order valence-corrected chi connectivity index (χ2v) is 8.27. The van der Waals surface area contributed by atoms with Crippen molar-refractivity contribution in [2.45, 2.75) is 19.8 Å². The quantitative estimate of drug-likeness (QED) is 0.516. The van der Waals surface area contributed by atoms with Crippen LogP contribution >= 0.6 is 11.6 Å². The van der Waals surface area contributed by atoms with Crippen molar-refractivity contribution in [2.24, 2.45) is 5.92 Å². The highest BCUT2D eigenvalue weighted by molar-refractivity contribution is 6.31. The van der Waals surface area contributed by atoms with Crippen molar-refractivity contribution < 1.29 is 23.9 Å². The molecule has 0 aromatic heterocycles. The number of aryl methyl sites for hydroxylation is 1. The summed E-state index contributed by atoms with van der Waals surface area (Å²) in [7, 11) is 1.61. The lowest BCUT2D eigenvalue weighted by Gasteiger charge is -2.17. The summed E-state index contributed by atoms with van der Waals surface area (Å²) in [6.07, 6.45) is 0.905. The van der Waals surface area contributed by atoms with Crippen LogP contribution in [0.15, 0.2) is 42.5 Å². The molecule has 2 aromatic carbocycles. The number of hydrogen-bond acceptors (Lipinski definition) is 5. The van der Waals surface area contributed by atoms with E-state index in [1.165, 1.54) is 0 Å². The van der Waals surface area contributed by atoms with Crippen molar-refractivity contribution in [3.63, 3.8) is 0 Å². The maximum Gasteiger partial charge on any atom is 0.262 e. The molecule has 1 heterocycles. The van der Waals surface area contributed by atoms with Crippen LogP contribution in [0, 0.1) is 12.8 Å². The molecule has 0 aliphatic carbocycles. The van der Waals surface area contributed by atoms with Gasteiger partial charge in [-0.3, -0.25) is 14.4 Å². The molecule has 0 saturated carbocycles. The van der Waals surface area contributed by atoms with Gasteiger partial charge in [0, 0.05) is 49.6 Å². The van der Waals surface area contributed by atoms with Crippen molar-refractivity contribution in [1.82, 2.24) is 5.32 Å². The molecule has 1 saturated heterocycles. The van der Waals surface area contributed by atoms with Crippen LogP contribution in [0.25, 0.3) is 0 Å². The Kier molecular flexibility index (Phi) is 8.68. The fraction of sp³-hybridized carbons (Fsp3) is 0.375. The molecule has 0 bridgehead atoms. The zero-order valence-corrected chi connectivity index (χ0v) is 19.5. The van der Waals surface area contributed by atoms with Crippen molar-refractivity contribution >= 4 is 40.7 Å². The van der Waals surface area contributed by atoms with Gasteiger partial charge in [-0.25, -0.2) is 0 Å². The van der Waals surface area contributed by atoms with Gasteiger partial charge in [0.2, 0.25) is 11.8 Å². The molecule has 0 unspecified atom stereocenters. The van der Waals surface area contributed by atoms with E-state index in [0.29, 0.717) is 41.8 Å². The van der Waals surface area contributed by atoms with Gasteiger partial charge in [0.15, 0.2) is 6.61 Å². The predicted octanol–water partition coefficient (Wildman–Crippen LogP) is 3.17. The standard InChI is InChI=1S/C24H28ClN3O5/c1-16-4-5-18(25)13-21(16)27-22(29)15-33-20-8-6-19(7-9-20)28-14-17(12-23(28)30)24(31)26-10-3-11-32-2/h4-9,13,17H,3,10-12,14-15H2,1-2H3,(H,26,31)(H,27,29)/t17-/m0/s1. The fourth-order valence-electron chi connectivity index (χ4n) is 3.49. The molecule has 0 radical (unpaired) electrons. The molecule has 2 N–H and O–H groups in total. The minimum absolute atomic E-state index is 0.100. The number of benzene rings is 2. The second kappa shape index (κ2) is 11.7. The summed E-state index contributed by atoms with van der Waals surface area (Å²) in [5, 5.41) is 6.16. The average molecular weight is 474 g/mol. The van der Waals surface area contributed by atoms with Gasteiger partial charge in [-0.15, -0.1) is 0 Å². The third kappa shape index (κ3) is 6.94. The number of nitrogens with one attached hydrogen (secondary N) is 2. The van der Waals surface area contributed by atoms with Crippen LogP contribution in [0.1, 0.15) is 18.4 Å². The van der Waals surface area contributed by atoms with E-state index in [1.807, 2.05) is 13.0 Å². The van der Waals surface area contributed by atoms with Crippen LogP contribution in [0.5, 0.6) is 5.75 Å². The number of methoxy groups -OCH3 is 1. The molecular weight excluding hydrogens is 446 g/mol. The van der Waals surface area contributed by atoms with E-state index in [4.69, 9.17) is 21.1 Å². The topological polar surface area (TPSA) is 97.0 Å². The number of ether oxygens (including phenoxy) is 2. The third-order valence-electron chi connectivity index (χ3n) is 5.31. The smallest absolute Gasteiger partial charge is 0.262 e. The molecule has 176 valence electrons. The number of anilines is 2. The van der Waals surface area contributed by atoms with Crippen molar-refractivity contribution in [1.29, 1.82) is 0 Å². The minimum atomic E-state index is -0.380. The molecule has 0 spiro atoms. The molecule has 2 aromatic rings. The maximum atomic E-state index is 12.4. The minimum Gasteiger partial charge on any atom is -0.484 e. The van der Waals surface area contributed by atoms with E-state index in [2.05, 4.69) is 10.6 Å². The summed E-state index contributed by atoms with van der Waals surface area (Å²) in [5.41, 5.74) is 2.21. The van der Waals surface area contributed by atoms with E-state index in [-0.39, 0.29) is 36.7 Å². The Labute approximate surface area is 198 Å². The Balaban J connectivity index is 1.49. The third-order valence-corrected chi connectivity index (χ3v) is 5.55. The summed E-state index contributed by atoms with van der Waals surface area (Å²) in [4.78, 5) is 38.5. The van der Waals surface area contributed by atoms with Crippen LogP contribution < -0.4 is 20.3 Å². The van der Waals surface area contributed by atoms with Gasteiger partial charge in [-0.2, -0.15) is 0 Å². The number of carbonyl (C=O) groups excluding carboxylic acids is 3. The Morgan fingerprint density at radius 3 is 2.67 bits per heavy atom. The Hall–Kier alpha value is -3.10. The van der Waals surface area contributed by atoms with Crippen molar-refractivity contribution in [2.75, 3.05) is 43.6 Å². The maximum absolute atomic E-state index is 12.4. The summed E-state index contributed by atoms with van der Waals surface area (Å²) in [6.45, 7) is 3.14. The average Bonchev–Trinajstić information content (AvgIpc) is 3.19. The first-order valence-electron chi connectivity index (χ1n) is 10.7. The van der Waals surface area contributed by atoms with E-state index in [0.717, 1.165) is 12.0 Å². The van der Waals surface area contributed by atoms with Crippen LogP contribution in [0.4, 0.5) is 11.4 Å². The first-order valence-corrected chi connectivity index (χ1v) is 11.1. The van der Waals surface area contributed by atoms with E-state index >= 15 is 0 Å². The van der Waals surface area contributed by atoms with Gasteiger partial charge in [0.1, 0.15) is 5.75 Å². The van der Waals surface area contributed by atoms with E-state index in [9.17, 15) is 14.4 Å². The molecule has 9 heteroatoms. The summed E-state index contributed by atoms with van der Waals surface area (Å²) in [6, 6.07) is 12.1. The van der Waals surface area contributed by atoms with E-state index < -0.39 is 0 Å². The number of nitrogens with zero attached hydrogens (tertiary/aromatic N) is 1. The number of carbonyl (C=O) groups is 3. The highest BCUT2D eigenvalue weighted by atomic mass is 35.5. The molecule has 1 atom stereocenters. The summed E-state index contributed by atoms with van der Waals surface area (Å²) in [5.74, 6) is -0.413. The Bertz CT molecular complexity index is 996. The van der Waals surface area contributed by atoms with Gasteiger partial charge in [-0.05, 0) is 55.3 Å². The van der Waals surface area contributed by atoms with Crippen LogP contribution in [0.2, 0.25) is 5.02 Å². The van der Waals surface area contributed by atoms with Gasteiger partial charge in [0.25, 0.3) is 5.91 Å². The zero-order chi connectivity index (χ0) is 23.8. The van der Waals surface area contributed by atoms with Crippen LogP contribution in [-0.2, 0) is 19.1 Å². The molecule has 3 rings (SSSR count). The van der Waals surface area contributed by atoms with E-state index in [1.54, 1.807) is 48.4 Å². The predicted molar refractivity (Wildman–Crippen MR) is 127 cm³/mol. The SMILES string of the molecule is COCCCNC(=O)[C@H]1CC(=O)N(c2ccc(OCC(=O)Nc3cc(Cl)ccc3C)cc2)C1. The van der Waals surface area contributed by atoms with Crippen LogP contribution in [0.3, 0.4) is 0 Å². The van der Waals surface area contributed by atoms with Gasteiger partial charge in [-0.1, -0.05) is 17.7 Å². The molecular formula is C24H28ClN3O5. The summed E-state index contributed by atoms with van der Waals surface area (Å²) >= 11 is 5.98. The largest absolute Gasteiger partial charge is 0.484 e. The molecule has 1 aliphatic heterocycles. The Morgan fingerprint density at radius 1 is 1.18 bits per heavy atom. The number of rotatable bonds is 10. The lowest BCUT2D eigenvalue weighted by Crippen LogP contribution is -2.33. The highest BCUT2D eigenvalue weighted by Gasteiger charge is 2.34. The van der Waals surface area contributed by atoms with Crippen LogP contribution in [-0.4, -0.2) is 51.1 Å². The first-order chi connectivity index (χ1) is 15.9. The molecule has 33 heavy (non-hydrogen) atoms. The van der Waals surface area contributed by atoms with Gasteiger partial charge >= 0.3 is 0 Å². The molecule has 3 amide bonds. The molecule has 8 nitrogen and oxygen atoms in total. The highest BCUT2D eigenvalue weighted by Crippen LogP contribution is 2.27. The fourth-order valence-corrected chi connectivity index (χ4v) is 3.66. The van der Waals surface area contributed by atoms with Crippen molar-refractivity contribution in [3.8, 4) is 5.75 Å². The normalized spacial score (nSPS) is 15.4.